The SMILES string of the molecule is Cc1ccc(NC(=O)CN2C(=O)S/C(=C/c3ccc(OCC(=O)N4CCOCC4)cc3)C2=O)cc1Cl. The zero-order chi connectivity index (χ0) is 25.7. The second kappa shape index (κ2) is 11.6. The van der Waals surface area contributed by atoms with Crippen molar-refractivity contribution < 1.29 is 28.7 Å². The summed E-state index contributed by atoms with van der Waals surface area (Å²) >= 11 is 6.84. The highest BCUT2D eigenvalue weighted by atomic mass is 35.5. The van der Waals surface area contributed by atoms with Crippen molar-refractivity contribution >= 4 is 58.1 Å². The average molecular weight is 530 g/mol. The first kappa shape index (κ1) is 25.7. The van der Waals surface area contributed by atoms with Gasteiger partial charge in [0.25, 0.3) is 17.1 Å². The minimum absolute atomic E-state index is 0.0743. The molecule has 2 fully saturated rings. The lowest BCUT2D eigenvalue weighted by Gasteiger charge is -2.26. The van der Waals surface area contributed by atoms with E-state index in [0.717, 1.165) is 22.2 Å². The van der Waals surface area contributed by atoms with Crippen LogP contribution >= 0.6 is 23.4 Å². The number of amides is 4. The summed E-state index contributed by atoms with van der Waals surface area (Å²) < 4.78 is 10.8. The number of ether oxygens (including phenoxy) is 2. The summed E-state index contributed by atoms with van der Waals surface area (Å²) in [6.45, 7) is 3.52. The van der Waals surface area contributed by atoms with Crippen molar-refractivity contribution in [2.24, 2.45) is 0 Å². The minimum atomic E-state index is -0.543. The number of hydrogen-bond donors (Lipinski definition) is 1. The van der Waals surface area contributed by atoms with E-state index in [0.29, 0.717) is 48.3 Å². The molecule has 188 valence electrons. The van der Waals surface area contributed by atoms with Gasteiger partial charge in [-0.05, 0) is 60.2 Å². The molecule has 0 saturated carbocycles. The zero-order valence-corrected chi connectivity index (χ0v) is 21.1. The number of benzene rings is 2. The number of nitrogens with one attached hydrogen (secondary N) is 1. The molecule has 11 heteroatoms. The lowest BCUT2D eigenvalue weighted by Crippen LogP contribution is -2.42. The molecule has 2 aromatic carbocycles. The molecular formula is C25H24ClN3O6S. The van der Waals surface area contributed by atoms with E-state index in [1.54, 1.807) is 53.4 Å². The number of aryl methyl sites for hydroxylation is 1. The van der Waals surface area contributed by atoms with Crippen LogP contribution in [0.1, 0.15) is 11.1 Å². The largest absolute Gasteiger partial charge is 0.484 e. The molecule has 0 spiro atoms. The third-order valence-corrected chi connectivity index (χ3v) is 6.85. The molecular weight excluding hydrogens is 506 g/mol. The molecule has 4 rings (SSSR count). The van der Waals surface area contributed by atoms with Crippen LogP contribution in [0.3, 0.4) is 0 Å². The molecule has 0 bridgehead atoms. The number of carbonyl (C=O) groups excluding carboxylic acids is 4. The first-order chi connectivity index (χ1) is 17.3. The van der Waals surface area contributed by atoms with E-state index in [1.165, 1.54) is 0 Å². The standard InChI is InChI=1S/C25H24ClN3O6S/c1-16-2-5-18(13-20(16)26)27-22(30)14-29-24(32)21(36-25(29)33)12-17-3-6-19(7-4-17)35-15-23(31)28-8-10-34-11-9-28/h2-7,12-13H,8-11,14-15H2,1H3,(H,27,30)/b21-12+. The summed E-state index contributed by atoms with van der Waals surface area (Å²) in [5.74, 6) is -0.648. The van der Waals surface area contributed by atoms with E-state index in [9.17, 15) is 19.2 Å². The van der Waals surface area contributed by atoms with Crippen LogP contribution in [0, 0.1) is 6.92 Å². The summed E-state index contributed by atoms with van der Waals surface area (Å²) in [6, 6.07) is 11.9. The van der Waals surface area contributed by atoms with Crippen LogP contribution in [0.25, 0.3) is 6.08 Å². The Kier molecular flexibility index (Phi) is 8.29. The molecule has 36 heavy (non-hydrogen) atoms. The van der Waals surface area contributed by atoms with Gasteiger partial charge in [0, 0.05) is 23.8 Å². The molecule has 9 nitrogen and oxygen atoms in total. The maximum absolute atomic E-state index is 12.7. The van der Waals surface area contributed by atoms with E-state index in [4.69, 9.17) is 21.1 Å². The van der Waals surface area contributed by atoms with Crippen LogP contribution in [0.15, 0.2) is 47.4 Å². The van der Waals surface area contributed by atoms with Crippen molar-refractivity contribution in [3.63, 3.8) is 0 Å². The molecule has 0 atom stereocenters. The predicted molar refractivity (Wildman–Crippen MR) is 137 cm³/mol. The van der Waals surface area contributed by atoms with Crippen molar-refractivity contribution in [2.75, 3.05) is 44.8 Å². The monoisotopic (exact) mass is 529 g/mol. The van der Waals surface area contributed by atoms with Gasteiger partial charge in [-0.2, -0.15) is 0 Å². The average Bonchev–Trinajstić information content (AvgIpc) is 3.13. The van der Waals surface area contributed by atoms with Crippen molar-refractivity contribution in [2.45, 2.75) is 6.92 Å². The molecule has 2 aromatic rings. The Hall–Kier alpha value is -3.34. The van der Waals surface area contributed by atoms with Gasteiger partial charge in [-0.15, -0.1) is 0 Å². The fourth-order valence-corrected chi connectivity index (χ4v) is 4.53. The molecule has 2 saturated heterocycles. The molecule has 2 aliphatic rings. The summed E-state index contributed by atoms with van der Waals surface area (Å²) in [4.78, 5) is 52.5. The van der Waals surface area contributed by atoms with Gasteiger partial charge in [0.2, 0.25) is 5.91 Å². The fraction of sp³-hybridized carbons (Fsp3) is 0.280. The molecule has 4 amide bonds. The maximum Gasteiger partial charge on any atom is 0.294 e. The van der Waals surface area contributed by atoms with Crippen LogP contribution in [0.2, 0.25) is 5.02 Å². The minimum Gasteiger partial charge on any atom is -0.484 e. The van der Waals surface area contributed by atoms with Gasteiger partial charge in [0.1, 0.15) is 12.3 Å². The highest BCUT2D eigenvalue weighted by Crippen LogP contribution is 2.32. The number of nitrogens with zero attached hydrogens (tertiary/aromatic N) is 2. The Balaban J connectivity index is 1.32. The van der Waals surface area contributed by atoms with Crippen LogP contribution in [-0.4, -0.2) is 72.2 Å². The number of halogens is 1. The number of thioether (sulfide) groups is 1. The number of morpholine rings is 1. The van der Waals surface area contributed by atoms with E-state index in [-0.39, 0.29) is 17.4 Å². The molecule has 2 aliphatic heterocycles. The molecule has 0 radical (unpaired) electrons. The van der Waals surface area contributed by atoms with Gasteiger partial charge in [0.05, 0.1) is 18.1 Å². The quantitative estimate of drug-likeness (QED) is 0.547. The van der Waals surface area contributed by atoms with E-state index < -0.39 is 23.6 Å². The summed E-state index contributed by atoms with van der Waals surface area (Å²) in [5.41, 5.74) is 2.02. The number of imide groups is 1. The second-order valence-corrected chi connectivity index (χ2v) is 9.53. The summed E-state index contributed by atoms with van der Waals surface area (Å²) in [7, 11) is 0. The highest BCUT2D eigenvalue weighted by Gasteiger charge is 2.36. The van der Waals surface area contributed by atoms with Crippen LogP contribution in [-0.2, 0) is 19.1 Å². The molecule has 0 aliphatic carbocycles. The number of anilines is 1. The van der Waals surface area contributed by atoms with E-state index in [1.807, 2.05) is 6.92 Å². The highest BCUT2D eigenvalue weighted by molar-refractivity contribution is 8.18. The lowest BCUT2D eigenvalue weighted by molar-refractivity contribution is -0.137. The normalized spacial score (nSPS) is 17.0. The zero-order valence-electron chi connectivity index (χ0n) is 19.5. The Morgan fingerprint density at radius 1 is 1.14 bits per heavy atom. The fourth-order valence-electron chi connectivity index (χ4n) is 3.51. The van der Waals surface area contributed by atoms with Gasteiger partial charge >= 0.3 is 0 Å². The first-order valence-corrected chi connectivity index (χ1v) is 12.4. The van der Waals surface area contributed by atoms with Crippen molar-refractivity contribution in [3.05, 3.63) is 63.5 Å². The van der Waals surface area contributed by atoms with Crippen molar-refractivity contribution in [1.29, 1.82) is 0 Å². The van der Waals surface area contributed by atoms with Gasteiger partial charge in [-0.3, -0.25) is 24.1 Å². The lowest BCUT2D eigenvalue weighted by atomic mass is 10.2. The summed E-state index contributed by atoms with van der Waals surface area (Å²) in [5, 5.41) is 2.62. The smallest absolute Gasteiger partial charge is 0.294 e. The Bertz CT molecular complexity index is 1210. The molecule has 1 N–H and O–H groups in total. The third kappa shape index (κ3) is 6.45. The van der Waals surface area contributed by atoms with Crippen molar-refractivity contribution in [1.82, 2.24) is 9.80 Å². The van der Waals surface area contributed by atoms with E-state index in [2.05, 4.69) is 5.32 Å². The van der Waals surface area contributed by atoms with E-state index >= 15 is 0 Å². The first-order valence-electron chi connectivity index (χ1n) is 11.2. The predicted octanol–water partition coefficient (Wildman–Crippen LogP) is 3.56. The van der Waals surface area contributed by atoms with Gasteiger partial charge in [0.15, 0.2) is 6.61 Å². The Labute approximate surface area is 217 Å². The molecule has 0 unspecified atom stereocenters. The summed E-state index contributed by atoms with van der Waals surface area (Å²) in [6.07, 6.45) is 1.57. The Morgan fingerprint density at radius 2 is 1.86 bits per heavy atom. The maximum atomic E-state index is 12.7. The topological polar surface area (TPSA) is 105 Å². The number of hydrogen-bond acceptors (Lipinski definition) is 7. The van der Waals surface area contributed by atoms with Crippen molar-refractivity contribution in [3.8, 4) is 5.75 Å². The van der Waals surface area contributed by atoms with Gasteiger partial charge < -0.3 is 19.7 Å². The van der Waals surface area contributed by atoms with Gasteiger partial charge in [-0.25, -0.2) is 0 Å². The Morgan fingerprint density at radius 3 is 2.56 bits per heavy atom. The molecule has 2 heterocycles. The van der Waals surface area contributed by atoms with Crippen LogP contribution in [0.4, 0.5) is 10.5 Å². The van der Waals surface area contributed by atoms with Crippen LogP contribution < -0.4 is 10.1 Å². The molecule has 0 aromatic heterocycles. The van der Waals surface area contributed by atoms with Crippen LogP contribution in [0.5, 0.6) is 5.75 Å². The third-order valence-electron chi connectivity index (χ3n) is 5.53. The second-order valence-electron chi connectivity index (χ2n) is 8.13. The number of rotatable bonds is 7. The van der Waals surface area contributed by atoms with Gasteiger partial charge in [-0.1, -0.05) is 29.8 Å². The number of carbonyl (C=O) groups is 4.